The van der Waals surface area contributed by atoms with Crippen LogP contribution in [-0.4, -0.2) is 12.5 Å². The van der Waals surface area contributed by atoms with Crippen molar-refractivity contribution >= 4 is 11.6 Å². The molecule has 1 atom stereocenters. The lowest BCUT2D eigenvalue weighted by atomic mass is 9.98. The van der Waals surface area contributed by atoms with Crippen LogP contribution in [0.25, 0.3) is 0 Å². The van der Waals surface area contributed by atoms with Gasteiger partial charge in [0, 0.05) is 12.2 Å². The summed E-state index contributed by atoms with van der Waals surface area (Å²) in [6, 6.07) is 15.2. The zero-order valence-corrected chi connectivity index (χ0v) is 12.3. The highest BCUT2D eigenvalue weighted by Crippen LogP contribution is 2.29. The van der Waals surface area contributed by atoms with Gasteiger partial charge in [-0.25, -0.2) is 0 Å². The number of anilines is 1. The number of amides is 1. The number of carbonyl (C=O) groups is 1. The topological polar surface area (TPSA) is 46.3 Å². The number of hydrogen-bond acceptors (Lipinski definition) is 2. The first kappa shape index (κ1) is 13.8. The summed E-state index contributed by atoms with van der Waals surface area (Å²) in [6.07, 6.45) is 2.02. The van der Waals surface area contributed by atoms with E-state index in [0.29, 0.717) is 0 Å². The summed E-state index contributed by atoms with van der Waals surface area (Å²) in [7, 11) is 0. The number of benzene rings is 2. The van der Waals surface area contributed by atoms with Gasteiger partial charge in [0.1, 0.15) is 6.04 Å². The van der Waals surface area contributed by atoms with E-state index in [1.54, 1.807) is 0 Å². The van der Waals surface area contributed by atoms with Gasteiger partial charge < -0.3 is 10.6 Å². The zero-order valence-electron chi connectivity index (χ0n) is 12.3. The largest absolute Gasteiger partial charge is 0.316 e. The molecule has 1 unspecified atom stereocenters. The Labute approximate surface area is 125 Å². The standard InChI is InChI=1S/C18H20N2O/c1-13-9-10-16-15(12-13)8-5-11-20(16)18(21)17(19)14-6-3-2-4-7-14/h2-4,6-7,9-10,12,17H,5,8,11,19H2,1H3. The van der Waals surface area contributed by atoms with E-state index in [1.807, 2.05) is 41.3 Å². The summed E-state index contributed by atoms with van der Waals surface area (Å²) in [6.45, 7) is 2.83. The second-order valence-corrected chi connectivity index (χ2v) is 5.61. The highest BCUT2D eigenvalue weighted by Gasteiger charge is 2.27. The van der Waals surface area contributed by atoms with Crippen molar-refractivity contribution in [2.75, 3.05) is 11.4 Å². The molecule has 2 N–H and O–H groups in total. The molecular formula is C18H20N2O. The van der Waals surface area contributed by atoms with Crippen LogP contribution in [0.4, 0.5) is 5.69 Å². The van der Waals surface area contributed by atoms with Crippen LogP contribution in [-0.2, 0) is 11.2 Å². The van der Waals surface area contributed by atoms with E-state index in [-0.39, 0.29) is 5.91 Å². The lowest BCUT2D eigenvalue weighted by molar-refractivity contribution is -0.120. The molecule has 1 aliphatic heterocycles. The number of aryl methyl sites for hydroxylation is 2. The summed E-state index contributed by atoms with van der Waals surface area (Å²) in [5.74, 6) is -0.0222. The quantitative estimate of drug-likeness (QED) is 0.919. The van der Waals surface area contributed by atoms with Gasteiger partial charge in [-0.2, -0.15) is 0 Å². The van der Waals surface area contributed by atoms with Gasteiger partial charge >= 0.3 is 0 Å². The fourth-order valence-corrected chi connectivity index (χ4v) is 2.93. The fourth-order valence-electron chi connectivity index (χ4n) is 2.93. The first-order valence-electron chi connectivity index (χ1n) is 7.38. The van der Waals surface area contributed by atoms with Gasteiger partial charge in [0.25, 0.3) is 0 Å². The number of fused-ring (bicyclic) bond motifs is 1. The third-order valence-electron chi connectivity index (χ3n) is 4.04. The fraction of sp³-hybridized carbons (Fsp3) is 0.278. The second kappa shape index (κ2) is 5.70. The Morgan fingerprint density at radius 1 is 1.19 bits per heavy atom. The molecule has 1 heterocycles. The van der Waals surface area contributed by atoms with Crippen LogP contribution in [0.15, 0.2) is 48.5 Å². The van der Waals surface area contributed by atoms with Crippen molar-refractivity contribution in [2.45, 2.75) is 25.8 Å². The third-order valence-corrected chi connectivity index (χ3v) is 4.04. The number of carbonyl (C=O) groups excluding carboxylic acids is 1. The van der Waals surface area contributed by atoms with Crippen LogP contribution in [0.2, 0.25) is 0 Å². The van der Waals surface area contributed by atoms with Gasteiger partial charge in [0.15, 0.2) is 0 Å². The molecule has 0 saturated heterocycles. The average molecular weight is 280 g/mol. The van der Waals surface area contributed by atoms with E-state index in [4.69, 9.17) is 5.73 Å². The van der Waals surface area contributed by atoms with Crippen molar-refractivity contribution in [1.29, 1.82) is 0 Å². The summed E-state index contributed by atoms with van der Waals surface area (Å²) >= 11 is 0. The van der Waals surface area contributed by atoms with Crippen LogP contribution in [0.5, 0.6) is 0 Å². The van der Waals surface area contributed by atoms with Crippen LogP contribution in [0.3, 0.4) is 0 Å². The van der Waals surface area contributed by atoms with Gasteiger partial charge in [-0.05, 0) is 37.0 Å². The molecule has 1 amide bonds. The minimum atomic E-state index is -0.599. The van der Waals surface area contributed by atoms with Crippen LogP contribution in [0.1, 0.15) is 29.2 Å². The smallest absolute Gasteiger partial charge is 0.248 e. The molecule has 3 nitrogen and oxygen atoms in total. The molecule has 0 aliphatic carbocycles. The van der Waals surface area contributed by atoms with Crippen LogP contribution >= 0.6 is 0 Å². The maximum atomic E-state index is 12.7. The number of nitrogens with two attached hydrogens (primary N) is 1. The second-order valence-electron chi connectivity index (χ2n) is 5.61. The average Bonchev–Trinajstić information content (AvgIpc) is 2.53. The highest BCUT2D eigenvalue weighted by molar-refractivity contribution is 5.98. The Hall–Kier alpha value is -2.13. The predicted octanol–water partition coefficient (Wildman–Crippen LogP) is 2.97. The van der Waals surface area contributed by atoms with Crippen molar-refractivity contribution < 1.29 is 4.79 Å². The van der Waals surface area contributed by atoms with Gasteiger partial charge in [-0.1, -0.05) is 48.0 Å². The molecule has 0 bridgehead atoms. The Morgan fingerprint density at radius 3 is 2.71 bits per heavy atom. The van der Waals surface area contributed by atoms with E-state index in [0.717, 1.165) is 30.6 Å². The maximum absolute atomic E-state index is 12.7. The molecule has 2 aromatic rings. The van der Waals surface area contributed by atoms with E-state index in [2.05, 4.69) is 19.1 Å². The van der Waals surface area contributed by atoms with E-state index >= 15 is 0 Å². The summed E-state index contributed by atoms with van der Waals surface area (Å²) in [5.41, 5.74) is 10.5. The molecule has 0 fully saturated rings. The summed E-state index contributed by atoms with van der Waals surface area (Å²) in [5, 5.41) is 0. The molecular weight excluding hydrogens is 260 g/mol. The predicted molar refractivity (Wildman–Crippen MR) is 85.2 cm³/mol. The third kappa shape index (κ3) is 2.69. The van der Waals surface area contributed by atoms with Crippen molar-refractivity contribution in [3.63, 3.8) is 0 Å². The van der Waals surface area contributed by atoms with E-state index in [9.17, 15) is 4.79 Å². The van der Waals surface area contributed by atoms with Crippen molar-refractivity contribution in [2.24, 2.45) is 5.73 Å². The number of hydrogen-bond donors (Lipinski definition) is 1. The van der Waals surface area contributed by atoms with Gasteiger partial charge in [0.05, 0.1) is 0 Å². The van der Waals surface area contributed by atoms with E-state index in [1.165, 1.54) is 11.1 Å². The Morgan fingerprint density at radius 2 is 1.95 bits per heavy atom. The SMILES string of the molecule is Cc1ccc2c(c1)CCCN2C(=O)C(N)c1ccccc1. The minimum absolute atomic E-state index is 0.0222. The van der Waals surface area contributed by atoms with Crippen molar-refractivity contribution in [3.05, 3.63) is 65.2 Å². The highest BCUT2D eigenvalue weighted by atomic mass is 16.2. The van der Waals surface area contributed by atoms with Gasteiger partial charge in [-0.15, -0.1) is 0 Å². The first-order chi connectivity index (χ1) is 10.2. The molecule has 3 heteroatoms. The molecule has 0 radical (unpaired) electrons. The van der Waals surface area contributed by atoms with Gasteiger partial charge in [-0.3, -0.25) is 4.79 Å². The normalized spacial score (nSPS) is 15.4. The summed E-state index contributed by atoms with van der Waals surface area (Å²) < 4.78 is 0. The van der Waals surface area contributed by atoms with Crippen molar-refractivity contribution in [1.82, 2.24) is 0 Å². The first-order valence-corrected chi connectivity index (χ1v) is 7.38. The summed E-state index contributed by atoms with van der Waals surface area (Å²) in [4.78, 5) is 14.6. The molecule has 0 spiro atoms. The maximum Gasteiger partial charge on any atom is 0.248 e. The molecule has 0 aromatic heterocycles. The Bertz CT molecular complexity index is 652. The van der Waals surface area contributed by atoms with E-state index < -0.39 is 6.04 Å². The Kier molecular flexibility index (Phi) is 3.76. The lowest BCUT2D eigenvalue weighted by Crippen LogP contribution is -2.41. The molecule has 108 valence electrons. The molecule has 2 aromatic carbocycles. The number of nitrogens with zero attached hydrogens (tertiary/aromatic N) is 1. The molecule has 3 rings (SSSR count). The Balaban J connectivity index is 1.90. The molecule has 0 saturated carbocycles. The van der Waals surface area contributed by atoms with Gasteiger partial charge in [0.2, 0.25) is 5.91 Å². The van der Waals surface area contributed by atoms with Crippen molar-refractivity contribution in [3.8, 4) is 0 Å². The number of rotatable bonds is 2. The zero-order chi connectivity index (χ0) is 14.8. The lowest BCUT2D eigenvalue weighted by Gasteiger charge is -2.31. The van der Waals surface area contributed by atoms with Crippen LogP contribution in [0, 0.1) is 6.92 Å². The molecule has 21 heavy (non-hydrogen) atoms. The molecule has 1 aliphatic rings. The monoisotopic (exact) mass is 280 g/mol. The minimum Gasteiger partial charge on any atom is -0.316 e. The van der Waals surface area contributed by atoms with Crippen LogP contribution < -0.4 is 10.6 Å².